The smallest absolute Gasteiger partial charge is 0.136 e. The summed E-state index contributed by atoms with van der Waals surface area (Å²) in [6.45, 7) is 0. The van der Waals surface area contributed by atoms with Gasteiger partial charge in [0.2, 0.25) is 0 Å². The van der Waals surface area contributed by atoms with Crippen molar-refractivity contribution in [3.63, 3.8) is 0 Å². The van der Waals surface area contributed by atoms with Gasteiger partial charge in [0.1, 0.15) is 11.2 Å². The average molecular weight is 536 g/mol. The molecule has 42 heavy (non-hydrogen) atoms. The molecule has 9 rings (SSSR count). The second-order valence-electron chi connectivity index (χ2n) is 11.0. The van der Waals surface area contributed by atoms with Crippen LogP contribution in [0.1, 0.15) is 0 Å². The summed E-state index contributed by atoms with van der Waals surface area (Å²) in [7, 11) is 0. The van der Waals surface area contributed by atoms with Crippen LogP contribution in [0.15, 0.2) is 156 Å². The lowest BCUT2D eigenvalue weighted by atomic mass is 9.95. The highest BCUT2D eigenvalue weighted by molar-refractivity contribution is 6.21. The van der Waals surface area contributed by atoms with Crippen LogP contribution in [0.2, 0.25) is 0 Å². The molecule has 1 heterocycles. The second kappa shape index (κ2) is 8.95. The fourth-order valence-electron chi connectivity index (χ4n) is 6.63. The second-order valence-corrected chi connectivity index (χ2v) is 11.0. The van der Waals surface area contributed by atoms with E-state index in [9.17, 15) is 0 Å². The topological polar surface area (TPSA) is 16.4 Å². The van der Waals surface area contributed by atoms with Crippen molar-refractivity contribution in [2.24, 2.45) is 0 Å². The van der Waals surface area contributed by atoms with Crippen molar-refractivity contribution < 1.29 is 4.42 Å². The number of nitrogens with zero attached hydrogens (tertiary/aromatic N) is 1. The van der Waals surface area contributed by atoms with Crippen LogP contribution < -0.4 is 4.90 Å². The first kappa shape index (κ1) is 23.1. The fraction of sp³-hybridized carbons (Fsp3) is 0. The van der Waals surface area contributed by atoms with Gasteiger partial charge in [0.15, 0.2) is 0 Å². The van der Waals surface area contributed by atoms with Crippen LogP contribution >= 0.6 is 0 Å². The van der Waals surface area contributed by atoms with Crippen molar-refractivity contribution in [2.75, 3.05) is 4.90 Å². The molecule has 2 heteroatoms. The third-order valence-electron chi connectivity index (χ3n) is 8.58. The molecule has 0 atom stereocenters. The van der Waals surface area contributed by atoms with E-state index < -0.39 is 0 Å². The first-order valence-corrected chi connectivity index (χ1v) is 14.4. The molecule has 0 spiro atoms. The van der Waals surface area contributed by atoms with E-state index in [-0.39, 0.29) is 0 Å². The minimum Gasteiger partial charge on any atom is -0.456 e. The summed E-state index contributed by atoms with van der Waals surface area (Å²) in [5, 5.41) is 12.2. The maximum absolute atomic E-state index is 6.19. The minimum absolute atomic E-state index is 0.920. The third kappa shape index (κ3) is 3.45. The van der Waals surface area contributed by atoms with Gasteiger partial charge in [-0.25, -0.2) is 0 Å². The molecule has 0 radical (unpaired) electrons. The van der Waals surface area contributed by atoms with Gasteiger partial charge in [-0.3, -0.25) is 0 Å². The normalized spacial score (nSPS) is 11.8. The van der Waals surface area contributed by atoms with Crippen LogP contribution in [0, 0.1) is 0 Å². The van der Waals surface area contributed by atoms with Crippen LogP contribution in [0.3, 0.4) is 0 Å². The van der Waals surface area contributed by atoms with E-state index in [0.717, 1.165) is 44.4 Å². The molecule has 8 aromatic carbocycles. The molecule has 2 nitrogen and oxygen atoms in total. The van der Waals surface area contributed by atoms with Crippen LogP contribution in [0.4, 0.5) is 17.1 Å². The van der Waals surface area contributed by atoms with Crippen molar-refractivity contribution >= 4 is 82.1 Å². The largest absolute Gasteiger partial charge is 0.456 e. The zero-order chi connectivity index (χ0) is 27.6. The molecule has 9 aromatic rings. The first-order chi connectivity index (χ1) is 20.8. The highest BCUT2D eigenvalue weighted by Gasteiger charge is 2.19. The van der Waals surface area contributed by atoms with Crippen molar-refractivity contribution in [3.8, 4) is 0 Å². The predicted molar refractivity (Wildman–Crippen MR) is 178 cm³/mol. The van der Waals surface area contributed by atoms with Gasteiger partial charge >= 0.3 is 0 Å². The average Bonchev–Trinajstić information content (AvgIpc) is 3.41. The minimum atomic E-state index is 0.920. The molecule has 0 fully saturated rings. The molecule has 0 aliphatic heterocycles. The SMILES string of the molecule is c1ccc(N(c2ccc3cc4oc5ccccc5c4cc3c2)c2cc3c4ccccc4ccc3c3ccccc23)cc1. The maximum Gasteiger partial charge on any atom is 0.136 e. The number of furan rings is 1. The standard InChI is InChI=1S/C40H25NO/c1-2-11-29(12-3-1)41(30-20-18-27-24-40-37(23-28(27)22-30)35-16-8-9-17-39(35)42-40)38-25-36-31-13-5-4-10-26(31)19-21-33(36)32-14-6-7-15-34(32)38/h1-25H. The molecule has 0 N–H and O–H groups in total. The molecular formula is C40H25NO. The third-order valence-corrected chi connectivity index (χ3v) is 8.58. The number of anilines is 3. The van der Waals surface area contributed by atoms with Crippen LogP contribution in [0.25, 0.3) is 65.0 Å². The van der Waals surface area contributed by atoms with E-state index in [1.165, 1.54) is 37.7 Å². The summed E-state index contributed by atoms with van der Waals surface area (Å²) in [6, 6.07) is 54.5. The molecule has 196 valence electrons. The molecule has 0 aliphatic carbocycles. The van der Waals surface area contributed by atoms with E-state index in [4.69, 9.17) is 4.42 Å². The van der Waals surface area contributed by atoms with Gasteiger partial charge in [-0.05, 0) is 86.2 Å². The number of rotatable bonds is 3. The van der Waals surface area contributed by atoms with Crippen molar-refractivity contribution in [1.29, 1.82) is 0 Å². The lowest BCUT2D eigenvalue weighted by molar-refractivity contribution is 0.669. The Bertz CT molecular complexity index is 2470. The maximum atomic E-state index is 6.19. The molecule has 0 unspecified atom stereocenters. The zero-order valence-electron chi connectivity index (χ0n) is 22.8. The van der Waals surface area contributed by atoms with Crippen LogP contribution in [-0.2, 0) is 0 Å². The fourth-order valence-corrected chi connectivity index (χ4v) is 6.63. The van der Waals surface area contributed by atoms with Crippen molar-refractivity contribution in [1.82, 2.24) is 0 Å². The summed E-state index contributed by atoms with van der Waals surface area (Å²) in [5.74, 6) is 0. The predicted octanol–water partition coefficient (Wildman–Crippen LogP) is 11.7. The number of hydrogen-bond donors (Lipinski definition) is 0. The Morgan fingerprint density at radius 3 is 1.90 bits per heavy atom. The van der Waals surface area contributed by atoms with Gasteiger partial charge < -0.3 is 9.32 Å². The summed E-state index contributed by atoms with van der Waals surface area (Å²) in [4.78, 5) is 2.40. The first-order valence-electron chi connectivity index (χ1n) is 14.4. The summed E-state index contributed by atoms with van der Waals surface area (Å²) >= 11 is 0. The van der Waals surface area contributed by atoms with E-state index in [1.807, 2.05) is 12.1 Å². The van der Waals surface area contributed by atoms with Crippen LogP contribution in [-0.4, -0.2) is 0 Å². The highest BCUT2D eigenvalue weighted by Crippen LogP contribution is 2.44. The van der Waals surface area contributed by atoms with E-state index in [0.29, 0.717) is 0 Å². The Morgan fingerprint density at radius 1 is 0.333 bits per heavy atom. The number of para-hydroxylation sites is 2. The summed E-state index contributed by atoms with van der Waals surface area (Å²) < 4.78 is 6.19. The van der Waals surface area contributed by atoms with Gasteiger partial charge in [0.25, 0.3) is 0 Å². The number of fused-ring (bicyclic) bond motifs is 9. The molecule has 0 bridgehead atoms. The lowest BCUT2D eigenvalue weighted by Gasteiger charge is -2.28. The molecule has 1 aromatic heterocycles. The molecule has 0 aliphatic rings. The van der Waals surface area contributed by atoms with Gasteiger partial charge in [-0.1, -0.05) is 103 Å². The number of hydrogen-bond acceptors (Lipinski definition) is 2. The van der Waals surface area contributed by atoms with Gasteiger partial charge in [-0.15, -0.1) is 0 Å². The monoisotopic (exact) mass is 535 g/mol. The van der Waals surface area contributed by atoms with Crippen molar-refractivity contribution in [3.05, 3.63) is 152 Å². The molecule has 0 amide bonds. The Hall–Kier alpha value is -5.60. The van der Waals surface area contributed by atoms with E-state index in [2.05, 4.69) is 144 Å². The summed E-state index contributed by atoms with van der Waals surface area (Å²) in [5.41, 5.74) is 5.24. The molecular weight excluding hydrogens is 510 g/mol. The Kier molecular flexibility index (Phi) is 4.93. The van der Waals surface area contributed by atoms with Gasteiger partial charge in [0, 0.05) is 27.5 Å². The molecule has 0 saturated heterocycles. The Labute approximate surface area is 242 Å². The summed E-state index contributed by atoms with van der Waals surface area (Å²) in [6.07, 6.45) is 0. The zero-order valence-corrected chi connectivity index (χ0v) is 22.8. The van der Waals surface area contributed by atoms with E-state index >= 15 is 0 Å². The lowest BCUT2D eigenvalue weighted by Crippen LogP contribution is -2.10. The Morgan fingerprint density at radius 2 is 1.02 bits per heavy atom. The number of benzene rings is 8. The highest BCUT2D eigenvalue weighted by atomic mass is 16.3. The quantitative estimate of drug-likeness (QED) is 0.209. The Balaban J connectivity index is 1.35. The van der Waals surface area contributed by atoms with E-state index in [1.54, 1.807) is 0 Å². The van der Waals surface area contributed by atoms with Gasteiger partial charge in [0.05, 0.1) is 5.69 Å². The van der Waals surface area contributed by atoms with Crippen LogP contribution in [0.5, 0.6) is 0 Å². The van der Waals surface area contributed by atoms with Crippen molar-refractivity contribution in [2.45, 2.75) is 0 Å². The van der Waals surface area contributed by atoms with Gasteiger partial charge in [-0.2, -0.15) is 0 Å². The molecule has 0 saturated carbocycles.